The fourth-order valence-corrected chi connectivity index (χ4v) is 3.83. The number of benzene rings is 1. The van der Waals surface area contributed by atoms with Gasteiger partial charge < -0.3 is 24.0 Å². The largest absolute Gasteiger partial charge is 0.497 e. The fraction of sp³-hybridized carbons (Fsp3) is 0.500. The van der Waals surface area contributed by atoms with Gasteiger partial charge in [-0.2, -0.15) is 0 Å². The number of fused-ring (bicyclic) bond motifs is 5. The monoisotopic (exact) mass is 330 g/mol. The van der Waals surface area contributed by atoms with Crippen molar-refractivity contribution >= 4 is 5.91 Å². The summed E-state index contributed by atoms with van der Waals surface area (Å²) in [5.41, 5.74) is 1.25. The van der Waals surface area contributed by atoms with Crippen LogP contribution in [0.5, 0.6) is 11.5 Å². The first-order valence-corrected chi connectivity index (χ1v) is 8.12. The summed E-state index contributed by atoms with van der Waals surface area (Å²) in [6, 6.07) is 5.77. The molecule has 0 saturated carbocycles. The molecule has 0 aromatic heterocycles. The van der Waals surface area contributed by atoms with Crippen molar-refractivity contribution in [3.8, 4) is 11.5 Å². The Bertz CT molecular complexity index is 745. The van der Waals surface area contributed by atoms with Crippen LogP contribution in [0.15, 0.2) is 29.7 Å². The fourth-order valence-electron chi connectivity index (χ4n) is 3.83. The van der Waals surface area contributed by atoms with Crippen LogP contribution >= 0.6 is 0 Å². The topological polar surface area (TPSA) is 51.2 Å². The normalized spacial score (nSPS) is 28.5. The van der Waals surface area contributed by atoms with Gasteiger partial charge >= 0.3 is 0 Å². The summed E-state index contributed by atoms with van der Waals surface area (Å²) < 4.78 is 17.6. The van der Waals surface area contributed by atoms with Gasteiger partial charge in [0, 0.05) is 32.0 Å². The van der Waals surface area contributed by atoms with Crippen molar-refractivity contribution in [1.82, 2.24) is 9.80 Å². The van der Waals surface area contributed by atoms with E-state index >= 15 is 0 Å². The van der Waals surface area contributed by atoms with Crippen LogP contribution in [0.4, 0.5) is 0 Å². The molecule has 0 radical (unpaired) electrons. The molecule has 4 rings (SSSR count). The lowest BCUT2D eigenvalue weighted by atomic mass is 9.79. The summed E-state index contributed by atoms with van der Waals surface area (Å²) in [6.07, 6.45) is 0.708. The molecule has 0 aliphatic carbocycles. The molecule has 24 heavy (non-hydrogen) atoms. The summed E-state index contributed by atoms with van der Waals surface area (Å²) in [5.74, 6) is 2.19. The Balaban J connectivity index is 1.92. The van der Waals surface area contributed by atoms with Crippen molar-refractivity contribution in [2.24, 2.45) is 0 Å². The summed E-state index contributed by atoms with van der Waals surface area (Å²) >= 11 is 0. The number of nitrogens with zero attached hydrogens (tertiary/aromatic N) is 2. The molecule has 1 aromatic carbocycles. The van der Waals surface area contributed by atoms with Crippen LogP contribution in [0.1, 0.15) is 24.8 Å². The van der Waals surface area contributed by atoms with Crippen LogP contribution in [-0.4, -0.2) is 55.8 Å². The average molecular weight is 330 g/mol. The Morgan fingerprint density at radius 2 is 2.08 bits per heavy atom. The number of carbonyl (C=O) groups excluding carboxylic acids is 1. The molecule has 6 heteroatoms. The van der Waals surface area contributed by atoms with Gasteiger partial charge in [-0.15, -0.1) is 0 Å². The summed E-state index contributed by atoms with van der Waals surface area (Å²) in [4.78, 5) is 16.6. The van der Waals surface area contributed by atoms with Gasteiger partial charge in [0.2, 0.25) is 5.88 Å². The zero-order valence-electron chi connectivity index (χ0n) is 14.5. The van der Waals surface area contributed by atoms with Crippen molar-refractivity contribution in [2.45, 2.75) is 24.9 Å². The molecular formula is C18H22N2O4. The van der Waals surface area contributed by atoms with Gasteiger partial charge in [0.15, 0.2) is 0 Å². The van der Waals surface area contributed by atoms with E-state index in [0.29, 0.717) is 31.2 Å². The Morgan fingerprint density at radius 1 is 1.29 bits per heavy atom. The van der Waals surface area contributed by atoms with Gasteiger partial charge in [-0.25, -0.2) is 0 Å². The molecule has 1 amide bonds. The highest BCUT2D eigenvalue weighted by Crippen LogP contribution is 2.49. The number of rotatable bonds is 1. The number of hydrogen-bond donors (Lipinski definition) is 0. The predicted molar refractivity (Wildman–Crippen MR) is 87.8 cm³/mol. The molecule has 2 bridgehead atoms. The first-order chi connectivity index (χ1) is 11.4. The zero-order valence-corrected chi connectivity index (χ0v) is 14.5. The van der Waals surface area contributed by atoms with Crippen LogP contribution in [0.3, 0.4) is 0 Å². The molecule has 0 unspecified atom stereocenters. The SMILES string of the molecule is COc1ccc2c(c1)[C@H]1C[C@@](C)(CO2)OC2=C1C(=O)N(C)CN2C. The average Bonchev–Trinajstić information content (AvgIpc) is 2.67. The standard InChI is InChI=1S/C18H22N2O4/c1-18-8-13(12-7-11(22-4)5-6-14(12)23-9-18)15-16(21)19(2)10-20(3)17(15)24-18/h5-7,13H,8-10H2,1-4H3/t13-,18+/m1/s1. The number of hydrogen-bond acceptors (Lipinski definition) is 5. The van der Waals surface area contributed by atoms with Crippen LogP contribution < -0.4 is 9.47 Å². The van der Waals surface area contributed by atoms with E-state index in [0.717, 1.165) is 17.1 Å². The molecule has 2 atom stereocenters. The lowest BCUT2D eigenvalue weighted by Crippen LogP contribution is -2.51. The minimum Gasteiger partial charge on any atom is -0.497 e. The van der Waals surface area contributed by atoms with Gasteiger partial charge in [-0.1, -0.05) is 0 Å². The van der Waals surface area contributed by atoms with Crippen LogP contribution in [0, 0.1) is 0 Å². The highest BCUT2D eigenvalue weighted by molar-refractivity contribution is 5.96. The summed E-state index contributed by atoms with van der Waals surface area (Å²) in [6.45, 7) is 3.02. The lowest BCUT2D eigenvalue weighted by molar-refractivity contribution is -0.136. The molecule has 6 nitrogen and oxygen atoms in total. The number of likely N-dealkylation sites (N-methyl/N-ethyl adjacent to an activating group) is 1. The molecule has 0 spiro atoms. The Labute approximate surface area is 141 Å². The Kier molecular flexibility index (Phi) is 3.20. The second-order valence-corrected chi connectivity index (χ2v) is 7.06. The summed E-state index contributed by atoms with van der Waals surface area (Å²) in [5, 5.41) is 0. The van der Waals surface area contributed by atoms with E-state index in [4.69, 9.17) is 14.2 Å². The van der Waals surface area contributed by atoms with E-state index in [1.165, 1.54) is 0 Å². The number of amides is 1. The van der Waals surface area contributed by atoms with Gasteiger partial charge in [0.25, 0.3) is 5.91 Å². The van der Waals surface area contributed by atoms with E-state index in [9.17, 15) is 4.79 Å². The van der Waals surface area contributed by atoms with Crippen LogP contribution in [0.2, 0.25) is 0 Å². The summed E-state index contributed by atoms with van der Waals surface area (Å²) in [7, 11) is 5.41. The zero-order chi connectivity index (χ0) is 17.1. The minimum atomic E-state index is -0.458. The molecule has 3 heterocycles. The number of carbonyl (C=O) groups is 1. The third kappa shape index (κ3) is 2.12. The minimum absolute atomic E-state index is 0.0193. The second kappa shape index (κ2) is 5.06. The van der Waals surface area contributed by atoms with E-state index in [1.807, 2.05) is 44.1 Å². The van der Waals surface area contributed by atoms with Crippen molar-refractivity contribution in [1.29, 1.82) is 0 Å². The highest BCUT2D eigenvalue weighted by Gasteiger charge is 2.48. The van der Waals surface area contributed by atoms with Crippen molar-refractivity contribution in [3.05, 3.63) is 35.2 Å². The quantitative estimate of drug-likeness (QED) is 0.787. The third-order valence-corrected chi connectivity index (χ3v) is 5.03. The number of ether oxygens (including phenoxy) is 3. The van der Waals surface area contributed by atoms with Crippen LogP contribution in [-0.2, 0) is 9.53 Å². The molecular weight excluding hydrogens is 308 g/mol. The molecule has 0 N–H and O–H groups in total. The van der Waals surface area contributed by atoms with E-state index in [-0.39, 0.29) is 11.8 Å². The van der Waals surface area contributed by atoms with Gasteiger partial charge in [-0.3, -0.25) is 4.79 Å². The molecule has 128 valence electrons. The maximum Gasteiger partial charge on any atom is 0.256 e. The highest BCUT2D eigenvalue weighted by atomic mass is 16.6. The van der Waals surface area contributed by atoms with Crippen LogP contribution in [0.25, 0.3) is 0 Å². The van der Waals surface area contributed by atoms with Gasteiger partial charge in [0.1, 0.15) is 23.7 Å². The molecule has 3 aliphatic rings. The molecule has 1 aromatic rings. The Hall–Kier alpha value is -2.37. The lowest BCUT2D eigenvalue weighted by Gasteiger charge is -2.45. The predicted octanol–water partition coefficient (Wildman–Crippen LogP) is 1.92. The maximum atomic E-state index is 12.9. The first-order valence-electron chi connectivity index (χ1n) is 8.12. The van der Waals surface area contributed by atoms with Gasteiger partial charge in [-0.05, 0) is 25.1 Å². The third-order valence-electron chi connectivity index (χ3n) is 5.03. The maximum absolute atomic E-state index is 12.9. The van der Waals surface area contributed by atoms with E-state index in [2.05, 4.69) is 0 Å². The van der Waals surface area contributed by atoms with Crippen molar-refractivity contribution in [2.75, 3.05) is 34.5 Å². The smallest absolute Gasteiger partial charge is 0.256 e. The van der Waals surface area contributed by atoms with Crippen molar-refractivity contribution in [3.63, 3.8) is 0 Å². The van der Waals surface area contributed by atoms with Crippen molar-refractivity contribution < 1.29 is 19.0 Å². The van der Waals surface area contributed by atoms with E-state index < -0.39 is 5.60 Å². The molecule has 0 saturated heterocycles. The first kappa shape index (κ1) is 15.2. The Morgan fingerprint density at radius 3 is 2.83 bits per heavy atom. The number of methoxy groups -OCH3 is 1. The molecule has 0 fully saturated rings. The van der Waals surface area contributed by atoms with E-state index in [1.54, 1.807) is 12.0 Å². The second-order valence-electron chi connectivity index (χ2n) is 7.06. The van der Waals surface area contributed by atoms with Gasteiger partial charge in [0.05, 0.1) is 19.4 Å². The molecule has 3 aliphatic heterocycles.